The van der Waals surface area contributed by atoms with Crippen LogP contribution in [-0.2, 0) is 0 Å². The lowest BCUT2D eigenvalue weighted by Gasteiger charge is -2.06. The van der Waals surface area contributed by atoms with Gasteiger partial charge < -0.3 is 10.1 Å². The van der Waals surface area contributed by atoms with Crippen LogP contribution in [-0.4, -0.2) is 18.8 Å². The van der Waals surface area contributed by atoms with E-state index < -0.39 is 0 Å². The first kappa shape index (κ1) is 19.1. The Morgan fingerprint density at radius 2 is 1.64 bits per heavy atom. The molecule has 4 heteroatoms. The number of carbonyl (C=O) groups excluding carboxylic acids is 2. The Morgan fingerprint density at radius 3 is 2.36 bits per heavy atom. The van der Waals surface area contributed by atoms with Gasteiger partial charge in [0.15, 0.2) is 5.78 Å². The lowest BCUT2D eigenvalue weighted by molar-refractivity contribution is 0.102. The number of carbonyl (C=O) groups is 2. The van der Waals surface area contributed by atoms with Crippen LogP contribution in [0.3, 0.4) is 0 Å². The van der Waals surface area contributed by atoms with Crippen molar-refractivity contribution in [2.24, 2.45) is 0 Å². The van der Waals surface area contributed by atoms with E-state index in [1.807, 2.05) is 49.4 Å². The Bertz CT molecular complexity index is 1020. The quantitative estimate of drug-likeness (QED) is 0.481. The molecule has 28 heavy (non-hydrogen) atoms. The number of amides is 1. The molecular formula is C24H21NO3. The van der Waals surface area contributed by atoms with Crippen LogP contribution in [0.5, 0.6) is 5.75 Å². The van der Waals surface area contributed by atoms with E-state index in [1.54, 1.807) is 43.5 Å². The van der Waals surface area contributed by atoms with Crippen LogP contribution >= 0.6 is 0 Å². The average Bonchev–Trinajstić information content (AvgIpc) is 2.72. The molecule has 3 rings (SSSR count). The van der Waals surface area contributed by atoms with E-state index in [4.69, 9.17) is 4.74 Å². The van der Waals surface area contributed by atoms with E-state index in [1.165, 1.54) is 6.08 Å². The van der Waals surface area contributed by atoms with Gasteiger partial charge in [0.25, 0.3) is 5.91 Å². The predicted octanol–water partition coefficient (Wildman–Crippen LogP) is 5.15. The standard InChI is InChI=1S/C24H21NO3/c1-17-6-5-8-20(16-17)24(27)25-21-13-10-18(11-14-21)22(26)15-12-19-7-3-4-9-23(19)28-2/h3-16H,1-2H3,(H,25,27)/b15-12-. The second-order valence-electron chi connectivity index (χ2n) is 6.34. The second-order valence-corrected chi connectivity index (χ2v) is 6.34. The van der Waals surface area contributed by atoms with Crippen molar-refractivity contribution in [2.75, 3.05) is 12.4 Å². The van der Waals surface area contributed by atoms with Crippen LogP contribution in [0.4, 0.5) is 5.69 Å². The van der Waals surface area contributed by atoms with Crippen LogP contribution < -0.4 is 10.1 Å². The van der Waals surface area contributed by atoms with Gasteiger partial charge in [-0.05, 0) is 61.5 Å². The van der Waals surface area contributed by atoms with Gasteiger partial charge in [0, 0.05) is 22.4 Å². The fourth-order valence-electron chi connectivity index (χ4n) is 2.77. The first-order valence-electron chi connectivity index (χ1n) is 8.90. The molecule has 0 aliphatic rings. The molecule has 3 aromatic carbocycles. The maximum atomic E-state index is 12.4. The minimum atomic E-state index is -0.182. The van der Waals surface area contributed by atoms with Gasteiger partial charge in [-0.25, -0.2) is 0 Å². The lowest BCUT2D eigenvalue weighted by Crippen LogP contribution is -2.12. The molecule has 0 aliphatic carbocycles. The molecule has 0 atom stereocenters. The van der Waals surface area contributed by atoms with Crippen molar-refractivity contribution in [1.82, 2.24) is 0 Å². The highest BCUT2D eigenvalue weighted by molar-refractivity contribution is 6.08. The Balaban J connectivity index is 1.67. The van der Waals surface area contributed by atoms with Crippen molar-refractivity contribution in [3.63, 3.8) is 0 Å². The van der Waals surface area contributed by atoms with Crippen LogP contribution in [0.15, 0.2) is 78.9 Å². The maximum absolute atomic E-state index is 12.4. The van der Waals surface area contributed by atoms with Gasteiger partial charge in [-0.2, -0.15) is 0 Å². The number of anilines is 1. The number of benzene rings is 3. The Labute approximate surface area is 164 Å². The first-order chi connectivity index (χ1) is 13.6. The predicted molar refractivity (Wildman–Crippen MR) is 112 cm³/mol. The zero-order valence-electron chi connectivity index (χ0n) is 15.8. The van der Waals surface area contributed by atoms with Gasteiger partial charge >= 0.3 is 0 Å². The van der Waals surface area contributed by atoms with Gasteiger partial charge in [-0.1, -0.05) is 35.9 Å². The molecule has 140 valence electrons. The summed E-state index contributed by atoms with van der Waals surface area (Å²) in [6.07, 6.45) is 3.24. The maximum Gasteiger partial charge on any atom is 0.255 e. The molecule has 0 spiro atoms. The summed E-state index contributed by atoms with van der Waals surface area (Å²) in [7, 11) is 1.60. The van der Waals surface area contributed by atoms with Crippen molar-refractivity contribution in [2.45, 2.75) is 6.92 Å². The number of ketones is 1. The van der Waals surface area contributed by atoms with Gasteiger partial charge in [-0.15, -0.1) is 0 Å². The molecular weight excluding hydrogens is 350 g/mol. The summed E-state index contributed by atoms with van der Waals surface area (Å²) < 4.78 is 5.28. The first-order valence-corrected chi connectivity index (χ1v) is 8.90. The zero-order valence-corrected chi connectivity index (χ0v) is 15.8. The minimum absolute atomic E-state index is 0.123. The van der Waals surface area contributed by atoms with Crippen LogP contribution in [0, 0.1) is 6.92 Å². The number of nitrogens with one attached hydrogen (secondary N) is 1. The summed E-state index contributed by atoms with van der Waals surface area (Å²) in [4.78, 5) is 24.7. The number of ether oxygens (including phenoxy) is 1. The number of aryl methyl sites for hydroxylation is 1. The summed E-state index contributed by atoms with van der Waals surface area (Å²) in [5, 5.41) is 2.84. The molecule has 0 aromatic heterocycles. The van der Waals surface area contributed by atoms with Crippen molar-refractivity contribution in [3.05, 3.63) is 101 Å². The van der Waals surface area contributed by atoms with Crippen LogP contribution in [0.1, 0.15) is 31.8 Å². The SMILES string of the molecule is COc1ccccc1/C=C\C(=O)c1ccc(NC(=O)c2cccc(C)c2)cc1. The molecule has 0 saturated carbocycles. The van der Waals surface area contributed by atoms with Crippen LogP contribution in [0.2, 0.25) is 0 Å². The van der Waals surface area contributed by atoms with Gasteiger partial charge in [0.2, 0.25) is 0 Å². The highest BCUT2D eigenvalue weighted by Gasteiger charge is 2.07. The highest BCUT2D eigenvalue weighted by Crippen LogP contribution is 2.19. The molecule has 0 unspecified atom stereocenters. The van der Waals surface area contributed by atoms with Gasteiger partial charge in [0.1, 0.15) is 5.75 Å². The Morgan fingerprint density at radius 1 is 0.893 bits per heavy atom. The summed E-state index contributed by atoms with van der Waals surface area (Å²) in [5.41, 5.74) is 3.63. The molecule has 1 amide bonds. The summed E-state index contributed by atoms with van der Waals surface area (Å²) in [5.74, 6) is 0.405. The number of methoxy groups -OCH3 is 1. The number of rotatable bonds is 6. The normalized spacial score (nSPS) is 10.6. The fraction of sp³-hybridized carbons (Fsp3) is 0.0833. The van der Waals surface area contributed by atoms with Crippen LogP contribution in [0.25, 0.3) is 6.08 Å². The van der Waals surface area contributed by atoms with Crippen molar-refractivity contribution in [1.29, 1.82) is 0 Å². The van der Waals surface area contributed by atoms with E-state index in [0.29, 0.717) is 22.6 Å². The van der Waals surface area contributed by atoms with Crippen molar-refractivity contribution >= 4 is 23.5 Å². The molecule has 4 nitrogen and oxygen atoms in total. The molecule has 0 heterocycles. The minimum Gasteiger partial charge on any atom is -0.496 e. The summed E-state index contributed by atoms with van der Waals surface area (Å²) in [6, 6.07) is 21.7. The third kappa shape index (κ3) is 4.74. The molecule has 0 aliphatic heterocycles. The van der Waals surface area contributed by atoms with E-state index in [0.717, 1.165) is 11.1 Å². The largest absolute Gasteiger partial charge is 0.496 e. The molecule has 1 N–H and O–H groups in total. The Hall–Kier alpha value is -3.66. The average molecular weight is 371 g/mol. The number of allylic oxidation sites excluding steroid dienone is 1. The highest BCUT2D eigenvalue weighted by atomic mass is 16.5. The van der Waals surface area contributed by atoms with Crippen molar-refractivity contribution < 1.29 is 14.3 Å². The molecule has 0 fully saturated rings. The van der Waals surface area contributed by atoms with Gasteiger partial charge in [0.05, 0.1) is 7.11 Å². The van der Waals surface area contributed by atoms with Crippen molar-refractivity contribution in [3.8, 4) is 5.75 Å². The number of hydrogen-bond acceptors (Lipinski definition) is 3. The Kier molecular flexibility index (Phi) is 6.02. The van der Waals surface area contributed by atoms with E-state index in [-0.39, 0.29) is 11.7 Å². The third-order valence-corrected chi connectivity index (χ3v) is 4.26. The zero-order chi connectivity index (χ0) is 19.9. The third-order valence-electron chi connectivity index (χ3n) is 4.26. The summed E-state index contributed by atoms with van der Waals surface area (Å²) >= 11 is 0. The lowest BCUT2D eigenvalue weighted by atomic mass is 10.1. The number of para-hydroxylation sites is 1. The fourth-order valence-corrected chi connectivity index (χ4v) is 2.77. The number of hydrogen-bond donors (Lipinski definition) is 1. The topological polar surface area (TPSA) is 55.4 Å². The van der Waals surface area contributed by atoms with Gasteiger partial charge in [-0.3, -0.25) is 9.59 Å². The molecule has 0 radical (unpaired) electrons. The molecule has 0 bridgehead atoms. The second kappa shape index (κ2) is 8.82. The monoisotopic (exact) mass is 371 g/mol. The van der Waals surface area contributed by atoms with E-state index in [2.05, 4.69) is 5.32 Å². The van der Waals surface area contributed by atoms with E-state index >= 15 is 0 Å². The summed E-state index contributed by atoms with van der Waals surface area (Å²) in [6.45, 7) is 1.94. The molecule has 3 aromatic rings. The van der Waals surface area contributed by atoms with E-state index in [9.17, 15) is 9.59 Å². The molecule has 0 saturated heterocycles. The smallest absolute Gasteiger partial charge is 0.255 e.